The number of benzene rings is 3. The number of Topliss-reactive ketones (excluding diaryl/α,β-unsaturated/α-hetero) is 1. The van der Waals surface area contributed by atoms with Crippen molar-refractivity contribution in [2.24, 2.45) is 0 Å². The van der Waals surface area contributed by atoms with Gasteiger partial charge in [0.05, 0.1) is 12.6 Å². The molecule has 38 heavy (non-hydrogen) atoms. The SMILES string of the molecule is O=C(NC(Cc1ccc(O)cc1)C(=O)N1CCC2C1C(=O)CN2C(=O)c1ccccc1)c1cccc(F)c1. The van der Waals surface area contributed by atoms with E-state index in [0.29, 0.717) is 17.5 Å². The molecule has 3 aromatic carbocycles. The van der Waals surface area contributed by atoms with Gasteiger partial charge in [0.2, 0.25) is 5.91 Å². The summed E-state index contributed by atoms with van der Waals surface area (Å²) in [5, 5.41) is 12.3. The summed E-state index contributed by atoms with van der Waals surface area (Å²) in [7, 11) is 0. The zero-order chi connectivity index (χ0) is 26.8. The molecule has 8 nitrogen and oxygen atoms in total. The molecule has 2 fully saturated rings. The topological polar surface area (TPSA) is 107 Å². The Bertz CT molecular complexity index is 1380. The zero-order valence-corrected chi connectivity index (χ0v) is 20.4. The third-order valence-electron chi connectivity index (χ3n) is 7.05. The fraction of sp³-hybridized carbons (Fsp3) is 0.241. The molecular weight excluding hydrogens is 489 g/mol. The van der Waals surface area contributed by atoms with Crippen molar-refractivity contribution < 1.29 is 28.7 Å². The number of halogens is 1. The predicted molar refractivity (Wildman–Crippen MR) is 136 cm³/mol. The van der Waals surface area contributed by atoms with E-state index < -0.39 is 35.8 Å². The van der Waals surface area contributed by atoms with Crippen LogP contribution in [-0.4, -0.2) is 69.6 Å². The molecule has 2 aliphatic rings. The van der Waals surface area contributed by atoms with E-state index >= 15 is 0 Å². The number of rotatable bonds is 6. The van der Waals surface area contributed by atoms with Crippen molar-refractivity contribution >= 4 is 23.5 Å². The van der Waals surface area contributed by atoms with E-state index in [4.69, 9.17) is 0 Å². The molecule has 3 atom stereocenters. The lowest BCUT2D eigenvalue weighted by Gasteiger charge is -2.28. The smallest absolute Gasteiger partial charge is 0.254 e. The number of ketones is 1. The van der Waals surface area contributed by atoms with Gasteiger partial charge < -0.3 is 20.2 Å². The molecular formula is C29H26FN3O5. The van der Waals surface area contributed by atoms with Crippen molar-refractivity contribution in [1.29, 1.82) is 0 Å². The van der Waals surface area contributed by atoms with Crippen molar-refractivity contribution in [2.75, 3.05) is 13.1 Å². The molecule has 3 unspecified atom stereocenters. The second kappa shape index (κ2) is 10.5. The monoisotopic (exact) mass is 515 g/mol. The fourth-order valence-corrected chi connectivity index (χ4v) is 5.22. The van der Waals surface area contributed by atoms with Gasteiger partial charge in [-0.3, -0.25) is 19.2 Å². The number of phenols is 1. The van der Waals surface area contributed by atoms with Crippen LogP contribution in [0.15, 0.2) is 78.9 Å². The highest BCUT2D eigenvalue weighted by molar-refractivity contribution is 6.03. The van der Waals surface area contributed by atoms with Crippen LogP contribution in [0.2, 0.25) is 0 Å². The van der Waals surface area contributed by atoms with Crippen LogP contribution < -0.4 is 5.32 Å². The molecule has 2 aliphatic heterocycles. The van der Waals surface area contributed by atoms with Crippen LogP contribution in [0.25, 0.3) is 0 Å². The van der Waals surface area contributed by atoms with Gasteiger partial charge in [-0.2, -0.15) is 0 Å². The maximum Gasteiger partial charge on any atom is 0.254 e. The molecule has 5 rings (SSSR count). The van der Waals surface area contributed by atoms with Gasteiger partial charge in [-0.05, 0) is 54.4 Å². The molecule has 0 aromatic heterocycles. The van der Waals surface area contributed by atoms with E-state index in [-0.39, 0.29) is 42.5 Å². The van der Waals surface area contributed by atoms with E-state index in [9.17, 15) is 28.7 Å². The quantitative estimate of drug-likeness (QED) is 0.525. The number of nitrogens with zero attached hydrogens (tertiary/aromatic N) is 2. The second-order valence-corrected chi connectivity index (χ2v) is 9.50. The number of likely N-dealkylation sites (tertiary alicyclic amines) is 2. The highest BCUT2D eigenvalue weighted by atomic mass is 19.1. The minimum atomic E-state index is -1.05. The first-order chi connectivity index (χ1) is 18.3. The molecule has 0 aliphatic carbocycles. The molecule has 3 aromatic rings. The maximum absolute atomic E-state index is 13.8. The minimum absolute atomic E-state index is 0.0579. The van der Waals surface area contributed by atoms with Crippen molar-refractivity contribution in [1.82, 2.24) is 15.1 Å². The normalized spacial score (nSPS) is 19.2. The van der Waals surface area contributed by atoms with Gasteiger partial charge in [-0.15, -0.1) is 0 Å². The molecule has 2 heterocycles. The summed E-state index contributed by atoms with van der Waals surface area (Å²) in [6, 6.07) is 17.7. The van der Waals surface area contributed by atoms with Crippen molar-refractivity contribution in [3.63, 3.8) is 0 Å². The predicted octanol–water partition coefficient (Wildman–Crippen LogP) is 2.57. The number of amides is 3. The van der Waals surface area contributed by atoms with Crippen molar-refractivity contribution in [3.05, 3.63) is 101 Å². The second-order valence-electron chi connectivity index (χ2n) is 9.50. The van der Waals surface area contributed by atoms with E-state index in [2.05, 4.69) is 5.32 Å². The average molecular weight is 516 g/mol. The number of hydrogen-bond donors (Lipinski definition) is 2. The van der Waals surface area contributed by atoms with Crippen molar-refractivity contribution in [2.45, 2.75) is 31.0 Å². The van der Waals surface area contributed by atoms with Gasteiger partial charge in [-0.25, -0.2) is 4.39 Å². The third kappa shape index (κ3) is 5.00. The fourth-order valence-electron chi connectivity index (χ4n) is 5.22. The summed E-state index contributed by atoms with van der Waals surface area (Å²) in [6.07, 6.45) is 0.527. The van der Waals surface area contributed by atoms with E-state index in [0.717, 1.165) is 6.07 Å². The Hall–Kier alpha value is -4.53. The van der Waals surface area contributed by atoms with Gasteiger partial charge in [0, 0.05) is 24.1 Å². The average Bonchev–Trinajstić information content (AvgIpc) is 3.50. The molecule has 0 spiro atoms. The van der Waals surface area contributed by atoms with Crippen LogP contribution in [0.3, 0.4) is 0 Å². The molecule has 0 radical (unpaired) electrons. The first kappa shape index (κ1) is 25.1. The lowest BCUT2D eigenvalue weighted by molar-refractivity contribution is -0.138. The summed E-state index contributed by atoms with van der Waals surface area (Å²) in [4.78, 5) is 55.9. The molecule has 3 amide bonds. The Labute approximate surface area is 218 Å². The first-order valence-corrected chi connectivity index (χ1v) is 12.4. The maximum atomic E-state index is 13.8. The van der Waals surface area contributed by atoms with Gasteiger partial charge in [0.15, 0.2) is 5.78 Å². The van der Waals surface area contributed by atoms with Crippen LogP contribution in [0.1, 0.15) is 32.7 Å². The van der Waals surface area contributed by atoms with Gasteiger partial charge in [0.25, 0.3) is 11.8 Å². The number of hydrogen-bond acceptors (Lipinski definition) is 5. The third-order valence-corrected chi connectivity index (χ3v) is 7.05. The Morgan fingerprint density at radius 1 is 0.947 bits per heavy atom. The molecule has 2 N–H and O–H groups in total. The van der Waals surface area contributed by atoms with E-state index in [1.165, 1.54) is 40.1 Å². The van der Waals surface area contributed by atoms with Crippen LogP contribution in [0.5, 0.6) is 5.75 Å². The summed E-state index contributed by atoms with van der Waals surface area (Å²) in [5.41, 5.74) is 1.21. The number of carbonyl (C=O) groups is 4. The van der Waals surface area contributed by atoms with Gasteiger partial charge in [-0.1, -0.05) is 36.4 Å². The number of carbonyl (C=O) groups excluding carboxylic acids is 4. The summed E-state index contributed by atoms with van der Waals surface area (Å²) < 4.78 is 13.7. The Morgan fingerprint density at radius 2 is 1.66 bits per heavy atom. The van der Waals surface area contributed by atoms with E-state index in [1.807, 2.05) is 0 Å². The lowest BCUT2D eigenvalue weighted by Crippen LogP contribution is -2.53. The van der Waals surface area contributed by atoms with Crippen LogP contribution >= 0.6 is 0 Å². The molecule has 194 valence electrons. The summed E-state index contributed by atoms with van der Waals surface area (Å²) in [5.74, 6) is -2.11. The lowest BCUT2D eigenvalue weighted by atomic mass is 10.0. The Morgan fingerprint density at radius 3 is 2.37 bits per heavy atom. The number of fused-ring (bicyclic) bond motifs is 1. The molecule has 9 heteroatoms. The minimum Gasteiger partial charge on any atom is -0.508 e. The number of nitrogens with one attached hydrogen (secondary N) is 1. The van der Waals surface area contributed by atoms with Gasteiger partial charge >= 0.3 is 0 Å². The Kier molecular flexibility index (Phi) is 6.91. The largest absolute Gasteiger partial charge is 0.508 e. The zero-order valence-electron chi connectivity index (χ0n) is 20.4. The molecule has 0 saturated carbocycles. The summed E-state index contributed by atoms with van der Waals surface area (Å²) >= 11 is 0. The first-order valence-electron chi connectivity index (χ1n) is 12.4. The van der Waals surface area contributed by atoms with Crippen LogP contribution in [-0.2, 0) is 16.0 Å². The summed E-state index contributed by atoms with van der Waals surface area (Å²) in [6.45, 7) is 0.158. The Balaban J connectivity index is 1.38. The number of phenolic OH excluding ortho intramolecular Hbond substituents is 1. The standard InChI is InChI=1S/C29H26FN3O5/c30-21-8-4-7-20(16-21)27(36)31-23(15-18-9-11-22(34)12-10-18)29(38)32-14-13-24-26(32)25(35)17-33(24)28(37)19-5-2-1-3-6-19/h1-12,16,23-24,26,34H,13-15,17H2,(H,31,36). The van der Waals surface area contributed by atoms with Gasteiger partial charge in [0.1, 0.15) is 23.7 Å². The van der Waals surface area contributed by atoms with Crippen LogP contribution in [0, 0.1) is 5.82 Å². The highest BCUT2D eigenvalue weighted by Gasteiger charge is 2.52. The molecule has 2 saturated heterocycles. The van der Waals surface area contributed by atoms with Crippen LogP contribution in [0.4, 0.5) is 4.39 Å². The highest BCUT2D eigenvalue weighted by Crippen LogP contribution is 2.31. The van der Waals surface area contributed by atoms with E-state index in [1.54, 1.807) is 42.5 Å². The molecule has 0 bridgehead atoms. The number of aromatic hydroxyl groups is 1. The van der Waals surface area contributed by atoms with Crippen molar-refractivity contribution in [3.8, 4) is 5.75 Å².